The molecule has 4 rings (SSSR count). The topological polar surface area (TPSA) is 78.5 Å². The van der Waals surface area contributed by atoms with Gasteiger partial charge in [0, 0.05) is 41.1 Å². The van der Waals surface area contributed by atoms with E-state index in [0.29, 0.717) is 16.8 Å². The number of carbonyl (C=O) groups is 3. The molecule has 0 atom stereocenters. The van der Waals surface area contributed by atoms with E-state index in [9.17, 15) is 14.4 Å². The Morgan fingerprint density at radius 1 is 0.725 bits per heavy atom. The average Bonchev–Trinajstić information content (AvgIpc) is 2.97. The fourth-order valence-corrected chi connectivity index (χ4v) is 4.00. The lowest BCUT2D eigenvalue weighted by molar-refractivity contribution is -0.113. The van der Waals surface area contributed by atoms with Crippen LogP contribution in [0.25, 0.3) is 12.2 Å². The molecule has 0 saturated carbocycles. The van der Waals surface area contributed by atoms with Crippen molar-refractivity contribution in [3.8, 4) is 0 Å². The molecule has 40 heavy (non-hydrogen) atoms. The zero-order chi connectivity index (χ0) is 28.5. The van der Waals surface area contributed by atoms with Gasteiger partial charge in [-0.15, -0.1) is 0 Å². The number of nitrogens with one attached hydrogen (secondary N) is 2. The van der Waals surface area contributed by atoms with Crippen LogP contribution in [0.3, 0.4) is 0 Å². The molecule has 0 heterocycles. The van der Waals surface area contributed by atoms with E-state index < -0.39 is 11.8 Å². The Morgan fingerprint density at radius 3 is 1.98 bits per heavy atom. The highest BCUT2D eigenvalue weighted by Gasteiger charge is 2.15. The number of allylic oxidation sites excluding steroid dienone is 1. The molecule has 6 nitrogen and oxygen atoms in total. The minimum Gasteiger partial charge on any atom is -0.378 e. The van der Waals surface area contributed by atoms with Crippen molar-refractivity contribution in [2.45, 2.75) is 0 Å². The smallest absolute Gasteiger partial charge is 0.272 e. The summed E-state index contributed by atoms with van der Waals surface area (Å²) < 4.78 is 0.966. The van der Waals surface area contributed by atoms with E-state index in [1.807, 2.05) is 73.6 Å². The summed E-state index contributed by atoms with van der Waals surface area (Å²) in [6.07, 6.45) is 4.89. The Kier molecular flexibility index (Phi) is 9.44. The third-order valence-electron chi connectivity index (χ3n) is 5.97. The van der Waals surface area contributed by atoms with Crippen molar-refractivity contribution in [2.75, 3.05) is 24.3 Å². The molecule has 0 fully saturated rings. The highest BCUT2D eigenvalue weighted by atomic mass is 79.9. The lowest BCUT2D eigenvalue weighted by atomic mass is 10.1. The van der Waals surface area contributed by atoms with Gasteiger partial charge in [0.2, 0.25) is 0 Å². The predicted molar refractivity (Wildman–Crippen MR) is 165 cm³/mol. The number of rotatable bonds is 9. The maximum atomic E-state index is 13.3. The van der Waals surface area contributed by atoms with Crippen molar-refractivity contribution in [1.82, 2.24) is 5.32 Å². The van der Waals surface area contributed by atoms with Crippen LogP contribution in [-0.4, -0.2) is 31.7 Å². The molecular formula is C33H28BrN3O3. The molecule has 7 heteroatoms. The zero-order valence-corrected chi connectivity index (χ0v) is 23.7. The maximum absolute atomic E-state index is 13.3. The summed E-state index contributed by atoms with van der Waals surface area (Å²) in [5.74, 6) is -1.04. The van der Waals surface area contributed by atoms with Crippen molar-refractivity contribution in [3.05, 3.63) is 142 Å². The van der Waals surface area contributed by atoms with Gasteiger partial charge in [0.05, 0.1) is 0 Å². The van der Waals surface area contributed by atoms with Gasteiger partial charge in [-0.25, -0.2) is 0 Å². The molecule has 4 aromatic carbocycles. The average molecular weight is 595 g/mol. The van der Waals surface area contributed by atoms with Crippen molar-refractivity contribution < 1.29 is 14.4 Å². The Hall–Kier alpha value is -4.75. The molecule has 0 aliphatic carbocycles. The molecule has 0 saturated heterocycles. The lowest BCUT2D eigenvalue weighted by Crippen LogP contribution is -2.30. The normalized spacial score (nSPS) is 11.2. The van der Waals surface area contributed by atoms with E-state index in [4.69, 9.17) is 0 Å². The molecule has 0 radical (unpaired) electrons. The van der Waals surface area contributed by atoms with E-state index >= 15 is 0 Å². The van der Waals surface area contributed by atoms with Crippen LogP contribution in [0.5, 0.6) is 0 Å². The summed E-state index contributed by atoms with van der Waals surface area (Å²) in [5, 5.41) is 5.55. The molecule has 200 valence electrons. The monoisotopic (exact) mass is 593 g/mol. The van der Waals surface area contributed by atoms with Crippen molar-refractivity contribution >= 4 is 57.1 Å². The second-order valence-electron chi connectivity index (χ2n) is 9.14. The number of hydrogen-bond donors (Lipinski definition) is 2. The van der Waals surface area contributed by atoms with Gasteiger partial charge in [-0.1, -0.05) is 64.5 Å². The standard InChI is InChI=1S/C33H28BrN3O3/c1-37(2)29-19-10-24(11-20-29)22-30(36-32(39)26-6-4-3-5-7-26)33(40)35-28-17-13-25(14-18-28)31(38)21-12-23-8-15-27(34)16-9-23/h3-22H,1-2H3,(H,35,40)(H,36,39)/b21-12+,30-22-. The van der Waals surface area contributed by atoms with Crippen LogP contribution in [0.2, 0.25) is 0 Å². The number of ketones is 1. The molecule has 0 spiro atoms. The van der Waals surface area contributed by atoms with Gasteiger partial charge in [-0.05, 0) is 83.9 Å². The fourth-order valence-electron chi connectivity index (χ4n) is 3.74. The zero-order valence-electron chi connectivity index (χ0n) is 22.1. The molecule has 0 aliphatic rings. The quantitative estimate of drug-likeness (QED) is 0.165. The number of hydrogen-bond acceptors (Lipinski definition) is 4. The summed E-state index contributed by atoms with van der Waals surface area (Å²) in [5.41, 5.74) is 4.17. The van der Waals surface area contributed by atoms with Crippen LogP contribution in [0, 0.1) is 0 Å². The number of halogens is 1. The summed E-state index contributed by atoms with van der Waals surface area (Å²) in [7, 11) is 3.89. The van der Waals surface area contributed by atoms with Gasteiger partial charge in [-0.2, -0.15) is 0 Å². The van der Waals surface area contributed by atoms with Crippen LogP contribution in [-0.2, 0) is 4.79 Å². The summed E-state index contributed by atoms with van der Waals surface area (Å²) in [4.78, 5) is 40.7. The van der Waals surface area contributed by atoms with Crippen molar-refractivity contribution in [2.24, 2.45) is 0 Å². The number of nitrogens with zero attached hydrogens (tertiary/aromatic N) is 1. The summed E-state index contributed by atoms with van der Waals surface area (Å²) >= 11 is 3.39. The SMILES string of the molecule is CN(C)c1ccc(/C=C(\NC(=O)c2ccccc2)C(=O)Nc2ccc(C(=O)/C=C/c3ccc(Br)cc3)cc2)cc1. The van der Waals surface area contributed by atoms with Crippen molar-refractivity contribution in [1.29, 1.82) is 0 Å². The minimum atomic E-state index is -0.491. The van der Waals surface area contributed by atoms with E-state index in [1.165, 1.54) is 6.08 Å². The second kappa shape index (κ2) is 13.4. The van der Waals surface area contributed by atoms with Crippen LogP contribution in [0.4, 0.5) is 11.4 Å². The predicted octanol–water partition coefficient (Wildman–Crippen LogP) is 6.82. The maximum Gasteiger partial charge on any atom is 0.272 e. The van der Waals surface area contributed by atoms with Crippen LogP contribution < -0.4 is 15.5 Å². The Labute approximate surface area is 242 Å². The highest BCUT2D eigenvalue weighted by molar-refractivity contribution is 9.10. The summed E-state index contributed by atoms with van der Waals surface area (Å²) in [6, 6.07) is 30.5. The largest absolute Gasteiger partial charge is 0.378 e. The van der Waals surface area contributed by atoms with E-state index in [-0.39, 0.29) is 11.5 Å². The van der Waals surface area contributed by atoms with Crippen LogP contribution in [0.1, 0.15) is 31.8 Å². The van der Waals surface area contributed by atoms with Gasteiger partial charge in [0.15, 0.2) is 5.78 Å². The Morgan fingerprint density at radius 2 is 1.35 bits per heavy atom. The van der Waals surface area contributed by atoms with Crippen LogP contribution >= 0.6 is 15.9 Å². The van der Waals surface area contributed by atoms with Gasteiger partial charge in [0.25, 0.3) is 11.8 Å². The summed E-state index contributed by atoms with van der Waals surface area (Å²) in [6.45, 7) is 0. The van der Waals surface area contributed by atoms with E-state index in [2.05, 4.69) is 26.6 Å². The minimum absolute atomic E-state index is 0.0871. The van der Waals surface area contributed by atoms with Gasteiger partial charge in [0.1, 0.15) is 5.70 Å². The number of amides is 2. The van der Waals surface area contributed by atoms with Crippen molar-refractivity contribution in [3.63, 3.8) is 0 Å². The van der Waals surface area contributed by atoms with Gasteiger partial charge in [-0.3, -0.25) is 14.4 Å². The van der Waals surface area contributed by atoms with Crippen LogP contribution in [0.15, 0.2) is 119 Å². The van der Waals surface area contributed by atoms with E-state index in [0.717, 1.165) is 21.3 Å². The fraction of sp³-hybridized carbons (Fsp3) is 0.0606. The first kappa shape index (κ1) is 28.3. The van der Waals surface area contributed by atoms with Gasteiger partial charge >= 0.3 is 0 Å². The third-order valence-corrected chi connectivity index (χ3v) is 6.50. The third kappa shape index (κ3) is 7.88. The molecule has 0 aliphatic heterocycles. The molecule has 0 aromatic heterocycles. The number of anilines is 2. The van der Waals surface area contributed by atoms with E-state index in [1.54, 1.807) is 60.7 Å². The first-order valence-electron chi connectivity index (χ1n) is 12.5. The number of benzene rings is 4. The van der Waals surface area contributed by atoms with Gasteiger partial charge < -0.3 is 15.5 Å². The lowest BCUT2D eigenvalue weighted by Gasteiger charge is -2.13. The molecule has 2 amide bonds. The number of carbonyl (C=O) groups excluding carboxylic acids is 3. The molecule has 2 N–H and O–H groups in total. The molecular weight excluding hydrogens is 566 g/mol. The molecule has 0 unspecified atom stereocenters. The highest BCUT2D eigenvalue weighted by Crippen LogP contribution is 2.17. The Balaban J connectivity index is 1.50. The molecule has 4 aromatic rings. The second-order valence-corrected chi connectivity index (χ2v) is 10.1. The Bertz CT molecular complexity index is 1540. The first-order chi connectivity index (χ1) is 19.3. The first-order valence-corrected chi connectivity index (χ1v) is 13.3. The molecule has 0 bridgehead atoms.